The summed E-state index contributed by atoms with van der Waals surface area (Å²) >= 11 is 6.24. The Kier molecular flexibility index (Phi) is 8.48. The quantitative estimate of drug-likeness (QED) is 0.328. The number of anilines is 3. The molecule has 0 saturated carbocycles. The number of fused-ring (bicyclic) bond motifs is 1. The number of benzene rings is 2. The Morgan fingerprint density at radius 3 is 2.48 bits per heavy atom. The van der Waals surface area contributed by atoms with Crippen molar-refractivity contribution in [1.29, 1.82) is 0 Å². The molecule has 11 heteroatoms. The minimum absolute atomic E-state index is 0.0471. The molecule has 3 N–H and O–H groups in total. The van der Waals surface area contributed by atoms with Crippen LogP contribution in [0.1, 0.15) is 42.4 Å². The molecule has 1 fully saturated rings. The topological polar surface area (TPSA) is 120 Å². The standard InChI is InChI=1S/C31H36ClN5O4S/c1-20-7-6-13-34-29(20)37-15-11-23(12-16-37)10-14-33-28(38)19-31(30(39)35-25-8-4-5-9-26(25)36-31)42(40,41)27-18-21(2)24(32)17-22(27)3/h4-9,13,17-18,23,36H,10-12,14-16,19H2,1-3H3,(H,33,38)(H,35,39). The summed E-state index contributed by atoms with van der Waals surface area (Å²) in [5, 5.41) is 8.97. The molecule has 5 rings (SSSR count). The average molecular weight is 610 g/mol. The van der Waals surface area contributed by atoms with Gasteiger partial charge in [0.2, 0.25) is 20.6 Å². The number of aryl methyl sites for hydroxylation is 3. The summed E-state index contributed by atoms with van der Waals surface area (Å²) in [6.07, 6.45) is 3.93. The van der Waals surface area contributed by atoms with Crippen LogP contribution < -0.4 is 20.9 Å². The van der Waals surface area contributed by atoms with Gasteiger partial charge >= 0.3 is 0 Å². The third-order valence-electron chi connectivity index (χ3n) is 8.26. The van der Waals surface area contributed by atoms with Crippen molar-refractivity contribution in [3.8, 4) is 0 Å². The average Bonchev–Trinajstić information content (AvgIpc) is 2.96. The van der Waals surface area contributed by atoms with E-state index in [-0.39, 0.29) is 4.90 Å². The van der Waals surface area contributed by atoms with E-state index in [4.69, 9.17) is 11.6 Å². The monoisotopic (exact) mass is 609 g/mol. The Labute approximate surface area is 252 Å². The van der Waals surface area contributed by atoms with Crippen molar-refractivity contribution in [2.24, 2.45) is 5.92 Å². The van der Waals surface area contributed by atoms with Crippen LogP contribution in [0.4, 0.5) is 17.2 Å². The van der Waals surface area contributed by atoms with Crippen LogP contribution in [0, 0.1) is 26.7 Å². The van der Waals surface area contributed by atoms with Crippen LogP contribution in [-0.2, 0) is 19.4 Å². The molecule has 3 heterocycles. The molecule has 1 saturated heterocycles. The number of halogens is 1. The van der Waals surface area contributed by atoms with Crippen LogP contribution in [-0.4, -0.2) is 49.7 Å². The smallest absolute Gasteiger partial charge is 0.266 e. The Bertz CT molecular complexity index is 1620. The molecule has 42 heavy (non-hydrogen) atoms. The first-order valence-electron chi connectivity index (χ1n) is 14.1. The number of para-hydroxylation sites is 2. The van der Waals surface area contributed by atoms with Crippen LogP contribution in [0.2, 0.25) is 5.02 Å². The van der Waals surface area contributed by atoms with Crippen molar-refractivity contribution in [3.05, 3.63) is 76.4 Å². The summed E-state index contributed by atoms with van der Waals surface area (Å²) in [6, 6.07) is 13.8. The molecule has 2 aromatic carbocycles. The summed E-state index contributed by atoms with van der Waals surface area (Å²) in [5.74, 6) is 0.110. The number of aromatic nitrogens is 1. The van der Waals surface area contributed by atoms with Crippen LogP contribution in [0.5, 0.6) is 0 Å². The Morgan fingerprint density at radius 1 is 1.05 bits per heavy atom. The molecule has 0 aliphatic carbocycles. The molecule has 0 radical (unpaired) electrons. The van der Waals surface area contributed by atoms with Crippen molar-refractivity contribution < 1.29 is 18.0 Å². The van der Waals surface area contributed by atoms with Crippen LogP contribution in [0.15, 0.2) is 59.6 Å². The molecule has 2 aliphatic rings. The first-order chi connectivity index (χ1) is 20.0. The molecular weight excluding hydrogens is 574 g/mol. The summed E-state index contributed by atoms with van der Waals surface area (Å²) in [5.41, 5.74) is 2.98. The van der Waals surface area contributed by atoms with Crippen molar-refractivity contribution >= 4 is 50.4 Å². The molecule has 1 atom stereocenters. The number of carbonyl (C=O) groups excluding carboxylic acids is 2. The Morgan fingerprint density at radius 2 is 1.76 bits per heavy atom. The van der Waals surface area contributed by atoms with E-state index in [1.165, 1.54) is 6.07 Å². The number of rotatable bonds is 8. The lowest BCUT2D eigenvalue weighted by atomic mass is 9.93. The van der Waals surface area contributed by atoms with Gasteiger partial charge in [-0.25, -0.2) is 13.4 Å². The molecule has 1 unspecified atom stereocenters. The van der Waals surface area contributed by atoms with Gasteiger partial charge in [0.25, 0.3) is 5.91 Å². The second-order valence-electron chi connectivity index (χ2n) is 11.2. The van der Waals surface area contributed by atoms with E-state index in [0.29, 0.717) is 40.0 Å². The van der Waals surface area contributed by atoms with Crippen LogP contribution in [0.3, 0.4) is 0 Å². The molecule has 222 valence electrons. The van der Waals surface area contributed by atoms with Gasteiger partial charge < -0.3 is 20.9 Å². The van der Waals surface area contributed by atoms with Crippen molar-refractivity contribution in [1.82, 2.24) is 10.3 Å². The Balaban J connectivity index is 1.30. The van der Waals surface area contributed by atoms with Crippen molar-refractivity contribution in [2.45, 2.75) is 56.2 Å². The molecule has 2 aliphatic heterocycles. The maximum Gasteiger partial charge on any atom is 0.266 e. The van der Waals surface area contributed by atoms with E-state index in [1.54, 1.807) is 44.2 Å². The highest BCUT2D eigenvalue weighted by Gasteiger charge is 2.55. The van der Waals surface area contributed by atoms with Gasteiger partial charge in [-0.2, -0.15) is 0 Å². The van der Waals surface area contributed by atoms with E-state index in [9.17, 15) is 18.0 Å². The summed E-state index contributed by atoms with van der Waals surface area (Å²) < 4.78 is 28.6. The fraction of sp³-hybridized carbons (Fsp3) is 0.387. The minimum atomic E-state index is -4.42. The lowest BCUT2D eigenvalue weighted by Gasteiger charge is -2.38. The number of sulfone groups is 1. The predicted molar refractivity (Wildman–Crippen MR) is 166 cm³/mol. The highest BCUT2D eigenvalue weighted by molar-refractivity contribution is 7.93. The second-order valence-corrected chi connectivity index (χ2v) is 13.8. The molecule has 2 amide bonds. The van der Waals surface area contributed by atoms with Crippen molar-refractivity contribution in [3.63, 3.8) is 0 Å². The maximum absolute atomic E-state index is 14.3. The molecule has 3 aromatic rings. The first kappa shape index (κ1) is 29.8. The zero-order valence-corrected chi connectivity index (χ0v) is 25.6. The summed E-state index contributed by atoms with van der Waals surface area (Å²) in [4.78, 5) is 31.5. The van der Waals surface area contributed by atoms with Crippen LogP contribution in [0.25, 0.3) is 0 Å². The number of amides is 2. The number of pyridine rings is 1. The van der Waals surface area contributed by atoms with E-state index >= 15 is 0 Å². The number of hydrogen-bond acceptors (Lipinski definition) is 7. The molecule has 9 nitrogen and oxygen atoms in total. The fourth-order valence-electron chi connectivity index (χ4n) is 5.79. The SMILES string of the molecule is Cc1cc(S(=O)(=O)C2(CC(=O)NCCC3CCN(c4ncccc4C)CC3)Nc3ccccc3NC2=O)c(C)cc1Cl. The molecule has 1 aromatic heterocycles. The fourth-order valence-corrected chi connectivity index (χ4v) is 8.05. The number of hydrogen-bond donors (Lipinski definition) is 3. The van der Waals surface area contributed by atoms with E-state index in [0.717, 1.165) is 43.7 Å². The number of nitrogens with zero attached hydrogens (tertiary/aromatic N) is 2. The van der Waals surface area contributed by atoms with Crippen molar-refractivity contribution in [2.75, 3.05) is 35.2 Å². The summed E-state index contributed by atoms with van der Waals surface area (Å²) in [6.45, 7) is 7.56. The third-order valence-corrected chi connectivity index (χ3v) is 11.0. The zero-order chi connectivity index (χ0) is 30.1. The van der Waals surface area contributed by atoms with Crippen LogP contribution >= 0.6 is 11.6 Å². The molecular formula is C31H36ClN5O4S. The van der Waals surface area contributed by atoms with Gasteiger partial charge in [-0.15, -0.1) is 0 Å². The highest BCUT2D eigenvalue weighted by atomic mass is 35.5. The molecule has 0 bridgehead atoms. The lowest BCUT2D eigenvalue weighted by Crippen LogP contribution is -2.60. The minimum Gasteiger partial charge on any atom is -0.357 e. The normalized spacial score (nSPS) is 19.0. The number of piperidine rings is 1. The van der Waals surface area contributed by atoms with Gasteiger partial charge in [-0.1, -0.05) is 29.8 Å². The number of nitrogens with one attached hydrogen (secondary N) is 3. The van der Waals surface area contributed by atoms with E-state index in [1.807, 2.05) is 12.3 Å². The van der Waals surface area contributed by atoms with E-state index in [2.05, 4.69) is 38.8 Å². The number of carbonyl (C=O) groups is 2. The van der Waals surface area contributed by atoms with E-state index < -0.39 is 32.9 Å². The Hall–Kier alpha value is -3.63. The molecule has 0 spiro atoms. The predicted octanol–water partition coefficient (Wildman–Crippen LogP) is 5.01. The van der Waals surface area contributed by atoms with Gasteiger partial charge in [0, 0.05) is 30.9 Å². The second kappa shape index (κ2) is 11.9. The maximum atomic E-state index is 14.3. The largest absolute Gasteiger partial charge is 0.357 e. The third kappa shape index (κ3) is 5.70. The lowest BCUT2D eigenvalue weighted by molar-refractivity contribution is -0.126. The van der Waals surface area contributed by atoms with Gasteiger partial charge in [0.05, 0.1) is 22.7 Å². The summed E-state index contributed by atoms with van der Waals surface area (Å²) in [7, 11) is -4.42. The van der Waals surface area contributed by atoms with Gasteiger partial charge in [0.15, 0.2) is 0 Å². The van der Waals surface area contributed by atoms with Gasteiger partial charge in [0.1, 0.15) is 5.82 Å². The van der Waals surface area contributed by atoms with Gasteiger partial charge in [-0.3, -0.25) is 9.59 Å². The highest BCUT2D eigenvalue weighted by Crippen LogP contribution is 2.40. The first-order valence-corrected chi connectivity index (χ1v) is 16.0. The van der Waals surface area contributed by atoms with Gasteiger partial charge in [-0.05, 0) is 93.0 Å². The zero-order valence-electron chi connectivity index (χ0n) is 24.0.